The second-order valence-corrected chi connectivity index (χ2v) is 9.23. The molecule has 1 N–H and O–H groups in total. The highest BCUT2D eigenvalue weighted by molar-refractivity contribution is 7.92. The number of rotatable bonds is 5. The Bertz CT molecular complexity index is 1220. The fraction of sp³-hybridized carbons (Fsp3) is 0.318. The third-order valence-electron chi connectivity index (χ3n) is 5.45. The summed E-state index contributed by atoms with van der Waals surface area (Å²) in [4.78, 5) is 0. The molecule has 0 unspecified atom stereocenters. The van der Waals surface area contributed by atoms with Crippen molar-refractivity contribution in [3.63, 3.8) is 0 Å². The van der Waals surface area contributed by atoms with Crippen molar-refractivity contribution in [1.82, 2.24) is 4.57 Å². The molecule has 7 heteroatoms. The van der Waals surface area contributed by atoms with E-state index in [9.17, 15) is 13.7 Å². The van der Waals surface area contributed by atoms with Gasteiger partial charge in [0.05, 0.1) is 30.1 Å². The molecular formula is C22H23N3O3S. The summed E-state index contributed by atoms with van der Waals surface area (Å²) in [5.74, 6) is 0.748. The quantitative estimate of drug-likeness (QED) is 0.663. The standard InChI is InChI=1S/C22H23N3O3S/c1-28-18-10-11-19-20(14-23)22(25(21(19)13-18)17-8-3-4-9-17)15-6-5-7-16(12-15)24-29(2,26)27/h5-7,10-13,17,24H,3-4,8-9H2,1-2H3. The zero-order valence-electron chi connectivity index (χ0n) is 16.5. The molecular weight excluding hydrogens is 386 g/mol. The van der Waals surface area contributed by atoms with Gasteiger partial charge in [0.1, 0.15) is 11.8 Å². The molecule has 0 amide bonds. The fourth-order valence-corrected chi connectivity index (χ4v) is 4.86. The highest BCUT2D eigenvalue weighted by atomic mass is 32.2. The van der Waals surface area contributed by atoms with Crippen LogP contribution in [0.4, 0.5) is 5.69 Å². The van der Waals surface area contributed by atoms with E-state index in [1.807, 2.05) is 24.3 Å². The van der Waals surface area contributed by atoms with Gasteiger partial charge in [0.25, 0.3) is 0 Å². The van der Waals surface area contributed by atoms with Crippen molar-refractivity contribution in [2.24, 2.45) is 0 Å². The lowest BCUT2D eigenvalue weighted by molar-refractivity contribution is 0.415. The van der Waals surface area contributed by atoms with Crippen LogP contribution in [0.3, 0.4) is 0 Å². The van der Waals surface area contributed by atoms with E-state index in [2.05, 4.69) is 15.4 Å². The third kappa shape index (κ3) is 3.68. The lowest BCUT2D eigenvalue weighted by Gasteiger charge is -2.19. The average molecular weight is 410 g/mol. The molecule has 0 atom stereocenters. The van der Waals surface area contributed by atoms with Crippen LogP contribution in [0.5, 0.6) is 5.75 Å². The molecule has 2 aromatic carbocycles. The second kappa shape index (κ2) is 7.45. The summed E-state index contributed by atoms with van der Waals surface area (Å²) in [6, 6.07) is 15.7. The molecule has 29 heavy (non-hydrogen) atoms. The SMILES string of the molecule is COc1ccc2c(C#N)c(-c3cccc(NS(C)(=O)=O)c3)n(C3CCCC3)c2c1. The van der Waals surface area contributed by atoms with Crippen molar-refractivity contribution in [2.45, 2.75) is 31.7 Å². The molecule has 4 rings (SSSR count). The van der Waals surface area contributed by atoms with E-state index >= 15 is 0 Å². The van der Waals surface area contributed by atoms with Gasteiger partial charge in [0.15, 0.2) is 0 Å². The van der Waals surface area contributed by atoms with E-state index < -0.39 is 10.0 Å². The van der Waals surface area contributed by atoms with Gasteiger partial charge in [-0.1, -0.05) is 25.0 Å². The Balaban J connectivity index is 1.99. The van der Waals surface area contributed by atoms with Gasteiger partial charge in [-0.05, 0) is 37.1 Å². The monoisotopic (exact) mass is 409 g/mol. The minimum absolute atomic E-state index is 0.299. The highest BCUT2D eigenvalue weighted by Gasteiger charge is 2.26. The first-order valence-electron chi connectivity index (χ1n) is 9.61. The largest absolute Gasteiger partial charge is 0.497 e. The lowest BCUT2D eigenvalue weighted by atomic mass is 10.0. The van der Waals surface area contributed by atoms with E-state index in [1.165, 1.54) is 0 Å². The smallest absolute Gasteiger partial charge is 0.229 e. The Hall–Kier alpha value is -2.98. The van der Waals surface area contributed by atoms with Crippen molar-refractivity contribution in [2.75, 3.05) is 18.1 Å². The number of nitrogens with zero attached hydrogens (tertiary/aromatic N) is 2. The molecule has 0 radical (unpaired) electrons. The Morgan fingerprint density at radius 1 is 1.17 bits per heavy atom. The maximum atomic E-state index is 11.7. The van der Waals surface area contributed by atoms with Crippen molar-refractivity contribution in [1.29, 1.82) is 5.26 Å². The zero-order chi connectivity index (χ0) is 20.6. The molecule has 6 nitrogen and oxygen atoms in total. The number of hydrogen-bond acceptors (Lipinski definition) is 4. The number of sulfonamides is 1. The molecule has 0 bridgehead atoms. The first-order chi connectivity index (χ1) is 13.9. The number of nitrogens with one attached hydrogen (secondary N) is 1. The Labute approximate surface area is 170 Å². The summed E-state index contributed by atoms with van der Waals surface area (Å²) in [6.45, 7) is 0. The van der Waals surface area contributed by atoms with Crippen LogP contribution in [0.2, 0.25) is 0 Å². The van der Waals surface area contributed by atoms with Crippen LogP contribution in [0.1, 0.15) is 37.3 Å². The third-order valence-corrected chi connectivity index (χ3v) is 6.06. The molecule has 1 heterocycles. The van der Waals surface area contributed by atoms with Crippen molar-refractivity contribution >= 4 is 26.6 Å². The molecule has 0 spiro atoms. The Morgan fingerprint density at radius 3 is 2.59 bits per heavy atom. The first kappa shape index (κ1) is 19.3. The number of benzene rings is 2. The van der Waals surface area contributed by atoms with E-state index in [0.29, 0.717) is 17.3 Å². The van der Waals surface area contributed by atoms with Gasteiger partial charge in [-0.15, -0.1) is 0 Å². The highest BCUT2D eigenvalue weighted by Crippen LogP contribution is 2.42. The minimum Gasteiger partial charge on any atom is -0.497 e. The molecule has 1 saturated carbocycles. The molecule has 1 fully saturated rings. The predicted octanol–water partition coefficient (Wildman–Crippen LogP) is 4.68. The normalized spacial score (nSPS) is 14.8. The van der Waals surface area contributed by atoms with Gasteiger partial charge in [-0.25, -0.2) is 8.42 Å². The van der Waals surface area contributed by atoms with Gasteiger partial charge in [-0.3, -0.25) is 4.72 Å². The van der Waals surface area contributed by atoms with Crippen LogP contribution in [-0.2, 0) is 10.0 Å². The van der Waals surface area contributed by atoms with Gasteiger partial charge in [0.2, 0.25) is 10.0 Å². The summed E-state index contributed by atoms with van der Waals surface area (Å²) >= 11 is 0. The van der Waals surface area contributed by atoms with E-state index in [1.54, 1.807) is 25.3 Å². The second-order valence-electron chi connectivity index (χ2n) is 7.48. The number of fused-ring (bicyclic) bond motifs is 1. The summed E-state index contributed by atoms with van der Waals surface area (Å²) < 4.78 is 33.6. The maximum absolute atomic E-state index is 11.7. The van der Waals surface area contributed by atoms with Crippen LogP contribution in [-0.4, -0.2) is 26.4 Å². The van der Waals surface area contributed by atoms with Crippen molar-refractivity contribution < 1.29 is 13.2 Å². The van der Waals surface area contributed by atoms with Crippen LogP contribution in [0.25, 0.3) is 22.2 Å². The van der Waals surface area contributed by atoms with Crippen LogP contribution in [0, 0.1) is 11.3 Å². The molecule has 1 aliphatic carbocycles. The fourth-order valence-electron chi connectivity index (χ4n) is 4.30. The summed E-state index contributed by atoms with van der Waals surface area (Å²) in [6.07, 6.45) is 5.55. The topological polar surface area (TPSA) is 84.1 Å². The lowest BCUT2D eigenvalue weighted by Crippen LogP contribution is -2.10. The predicted molar refractivity (Wildman–Crippen MR) is 115 cm³/mol. The first-order valence-corrected chi connectivity index (χ1v) is 11.5. The minimum atomic E-state index is -3.39. The number of methoxy groups -OCH3 is 1. The zero-order valence-corrected chi connectivity index (χ0v) is 17.3. The number of anilines is 1. The van der Waals surface area contributed by atoms with Crippen LogP contribution >= 0.6 is 0 Å². The molecule has 150 valence electrons. The van der Waals surface area contributed by atoms with Crippen molar-refractivity contribution in [3.05, 3.63) is 48.0 Å². The average Bonchev–Trinajstić information content (AvgIpc) is 3.31. The van der Waals surface area contributed by atoms with Gasteiger partial charge < -0.3 is 9.30 Å². The van der Waals surface area contributed by atoms with Gasteiger partial charge in [0, 0.05) is 28.7 Å². The molecule has 3 aromatic rings. The van der Waals surface area contributed by atoms with E-state index in [0.717, 1.165) is 59.8 Å². The maximum Gasteiger partial charge on any atom is 0.229 e. The van der Waals surface area contributed by atoms with Crippen molar-refractivity contribution in [3.8, 4) is 23.1 Å². The number of nitriles is 1. The molecule has 1 aliphatic rings. The molecule has 1 aromatic heterocycles. The number of ether oxygens (including phenoxy) is 1. The van der Waals surface area contributed by atoms with Gasteiger partial charge in [-0.2, -0.15) is 5.26 Å². The Kier molecular flexibility index (Phi) is 4.97. The van der Waals surface area contributed by atoms with Gasteiger partial charge >= 0.3 is 0 Å². The molecule has 0 saturated heterocycles. The Morgan fingerprint density at radius 2 is 1.93 bits per heavy atom. The summed E-state index contributed by atoms with van der Waals surface area (Å²) in [5.41, 5.74) is 3.71. The van der Waals surface area contributed by atoms with Crippen LogP contribution < -0.4 is 9.46 Å². The van der Waals surface area contributed by atoms with E-state index in [-0.39, 0.29) is 0 Å². The molecule has 0 aliphatic heterocycles. The number of hydrogen-bond donors (Lipinski definition) is 1. The summed E-state index contributed by atoms with van der Waals surface area (Å²) in [5, 5.41) is 10.9. The van der Waals surface area contributed by atoms with E-state index in [4.69, 9.17) is 4.74 Å². The van der Waals surface area contributed by atoms with Crippen LogP contribution in [0.15, 0.2) is 42.5 Å². The summed E-state index contributed by atoms with van der Waals surface area (Å²) in [7, 11) is -1.75. The number of aromatic nitrogens is 1.